The van der Waals surface area contributed by atoms with Gasteiger partial charge in [-0.05, 0) is 13.3 Å². The van der Waals surface area contributed by atoms with Crippen LogP contribution < -0.4 is 10.6 Å². The number of hydrogen-bond acceptors (Lipinski definition) is 6. The zero-order valence-corrected chi connectivity index (χ0v) is 13.1. The van der Waals surface area contributed by atoms with Crippen LogP contribution in [0.2, 0.25) is 0 Å². The Morgan fingerprint density at radius 2 is 2.32 bits per heavy atom. The Morgan fingerprint density at radius 1 is 1.45 bits per heavy atom. The van der Waals surface area contributed by atoms with E-state index in [2.05, 4.69) is 26.4 Å². The predicted octanol–water partition coefficient (Wildman–Crippen LogP) is 1.42. The SMILES string of the molecule is CCn1ccnc1CN(C)c1cc(C2CCOC2)nc(N)n1. The number of imidazole rings is 1. The first kappa shape index (κ1) is 14.8. The minimum Gasteiger partial charge on any atom is -0.381 e. The van der Waals surface area contributed by atoms with Crippen LogP contribution in [0.25, 0.3) is 0 Å². The lowest BCUT2D eigenvalue weighted by molar-refractivity contribution is 0.193. The van der Waals surface area contributed by atoms with Crippen molar-refractivity contribution in [1.29, 1.82) is 0 Å². The van der Waals surface area contributed by atoms with Crippen molar-refractivity contribution in [3.8, 4) is 0 Å². The number of rotatable bonds is 5. The van der Waals surface area contributed by atoms with Gasteiger partial charge in [0, 0.05) is 44.6 Å². The number of aryl methyl sites for hydroxylation is 1. The summed E-state index contributed by atoms with van der Waals surface area (Å²) in [6.45, 7) is 5.18. The number of nitrogens with two attached hydrogens (primary N) is 1. The molecule has 118 valence electrons. The molecule has 1 aliphatic rings. The average Bonchev–Trinajstić information content (AvgIpc) is 3.17. The fourth-order valence-corrected chi connectivity index (χ4v) is 2.72. The van der Waals surface area contributed by atoms with Gasteiger partial charge in [-0.3, -0.25) is 0 Å². The van der Waals surface area contributed by atoms with Crippen molar-refractivity contribution in [2.24, 2.45) is 0 Å². The molecule has 22 heavy (non-hydrogen) atoms. The first-order chi connectivity index (χ1) is 10.7. The second-order valence-electron chi connectivity index (χ2n) is 5.56. The summed E-state index contributed by atoms with van der Waals surface area (Å²) in [6, 6.07) is 2.01. The van der Waals surface area contributed by atoms with E-state index >= 15 is 0 Å². The van der Waals surface area contributed by atoms with E-state index in [-0.39, 0.29) is 0 Å². The first-order valence-corrected chi connectivity index (χ1v) is 7.60. The van der Waals surface area contributed by atoms with Gasteiger partial charge in [0.05, 0.1) is 18.8 Å². The Balaban J connectivity index is 1.81. The Morgan fingerprint density at radius 3 is 3.05 bits per heavy atom. The zero-order valence-electron chi connectivity index (χ0n) is 13.1. The van der Waals surface area contributed by atoms with E-state index in [0.29, 0.717) is 25.0 Å². The van der Waals surface area contributed by atoms with Crippen LogP contribution >= 0.6 is 0 Å². The summed E-state index contributed by atoms with van der Waals surface area (Å²) >= 11 is 0. The maximum Gasteiger partial charge on any atom is 0.222 e. The molecule has 3 heterocycles. The van der Waals surface area contributed by atoms with Crippen LogP contribution in [0.3, 0.4) is 0 Å². The highest BCUT2D eigenvalue weighted by molar-refractivity contribution is 5.43. The topological polar surface area (TPSA) is 82.1 Å². The maximum absolute atomic E-state index is 5.88. The quantitative estimate of drug-likeness (QED) is 0.899. The molecule has 0 bridgehead atoms. The third-order valence-corrected chi connectivity index (χ3v) is 4.01. The molecule has 3 rings (SSSR count). The minimum atomic E-state index is 0.310. The van der Waals surface area contributed by atoms with Crippen molar-refractivity contribution in [1.82, 2.24) is 19.5 Å². The van der Waals surface area contributed by atoms with Gasteiger partial charge in [-0.2, -0.15) is 4.98 Å². The highest BCUT2D eigenvalue weighted by Crippen LogP contribution is 2.26. The van der Waals surface area contributed by atoms with E-state index in [0.717, 1.165) is 36.9 Å². The third kappa shape index (κ3) is 3.04. The molecule has 0 amide bonds. The van der Waals surface area contributed by atoms with Crippen LogP contribution in [0.5, 0.6) is 0 Å². The molecule has 1 fully saturated rings. The fourth-order valence-electron chi connectivity index (χ4n) is 2.72. The van der Waals surface area contributed by atoms with E-state index in [1.807, 2.05) is 30.4 Å². The molecule has 0 aromatic carbocycles. The molecule has 1 saturated heterocycles. The summed E-state index contributed by atoms with van der Waals surface area (Å²) in [4.78, 5) is 15.2. The van der Waals surface area contributed by atoms with E-state index < -0.39 is 0 Å². The molecule has 1 aliphatic heterocycles. The standard InChI is InChI=1S/C15H22N6O/c1-3-21-6-5-17-14(21)9-20(2)13-8-12(18-15(16)19-13)11-4-7-22-10-11/h5-6,8,11H,3-4,7,9-10H2,1-2H3,(H2,16,18,19). The largest absolute Gasteiger partial charge is 0.381 e. The molecule has 1 unspecified atom stereocenters. The maximum atomic E-state index is 5.88. The molecule has 2 N–H and O–H groups in total. The molecule has 1 atom stereocenters. The van der Waals surface area contributed by atoms with Gasteiger partial charge in [0.1, 0.15) is 11.6 Å². The predicted molar refractivity (Wildman–Crippen MR) is 84.6 cm³/mol. The lowest BCUT2D eigenvalue weighted by Gasteiger charge is -2.20. The van der Waals surface area contributed by atoms with Gasteiger partial charge in [-0.25, -0.2) is 9.97 Å². The van der Waals surface area contributed by atoms with Crippen LogP contribution in [0.1, 0.15) is 30.8 Å². The van der Waals surface area contributed by atoms with Crippen LogP contribution in [0.4, 0.5) is 11.8 Å². The van der Waals surface area contributed by atoms with Gasteiger partial charge < -0.3 is 19.9 Å². The number of anilines is 2. The highest BCUT2D eigenvalue weighted by Gasteiger charge is 2.21. The van der Waals surface area contributed by atoms with Crippen LogP contribution in [0.15, 0.2) is 18.5 Å². The van der Waals surface area contributed by atoms with Crippen molar-refractivity contribution < 1.29 is 4.74 Å². The number of hydrogen-bond donors (Lipinski definition) is 1. The number of ether oxygens (including phenoxy) is 1. The van der Waals surface area contributed by atoms with E-state index in [1.54, 1.807) is 0 Å². The van der Waals surface area contributed by atoms with Crippen molar-refractivity contribution in [2.45, 2.75) is 32.4 Å². The number of nitrogen functional groups attached to an aromatic ring is 1. The fraction of sp³-hybridized carbons (Fsp3) is 0.533. The summed E-state index contributed by atoms with van der Waals surface area (Å²) in [5.41, 5.74) is 6.85. The van der Waals surface area contributed by atoms with Gasteiger partial charge in [0.15, 0.2) is 0 Å². The summed E-state index contributed by atoms with van der Waals surface area (Å²) in [5.74, 6) is 2.45. The van der Waals surface area contributed by atoms with E-state index in [4.69, 9.17) is 10.5 Å². The molecule has 0 spiro atoms. The van der Waals surface area contributed by atoms with E-state index in [1.165, 1.54) is 0 Å². The van der Waals surface area contributed by atoms with Crippen LogP contribution in [0, 0.1) is 0 Å². The first-order valence-electron chi connectivity index (χ1n) is 7.60. The second-order valence-corrected chi connectivity index (χ2v) is 5.56. The molecule has 0 radical (unpaired) electrons. The lowest BCUT2D eigenvalue weighted by Crippen LogP contribution is -2.22. The molecule has 2 aromatic heterocycles. The molecule has 7 nitrogen and oxygen atoms in total. The van der Waals surface area contributed by atoms with Gasteiger partial charge in [-0.15, -0.1) is 0 Å². The average molecular weight is 302 g/mol. The number of nitrogens with zero attached hydrogens (tertiary/aromatic N) is 5. The van der Waals surface area contributed by atoms with Gasteiger partial charge in [-0.1, -0.05) is 0 Å². The minimum absolute atomic E-state index is 0.310. The molecular formula is C15H22N6O. The zero-order chi connectivity index (χ0) is 15.5. The molecule has 0 aliphatic carbocycles. The normalized spacial score (nSPS) is 17.8. The van der Waals surface area contributed by atoms with Crippen LogP contribution in [-0.4, -0.2) is 39.8 Å². The smallest absolute Gasteiger partial charge is 0.222 e. The van der Waals surface area contributed by atoms with E-state index in [9.17, 15) is 0 Å². The summed E-state index contributed by atoms with van der Waals surface area (Å²) in [7, 11) is 1.99. The lowest BCUT2D eigenvalue weighted by atomic mass is 10.0. The van der Waals surface area contributed by atoms with Crippen LogP contribution in [-0.2, 0) is 17.8 Å². The third-order valence-electron chi connectivity index (χ3n) is 4.01. The molecule has 2 aromatic rings. The summed E-state index contributed by atoms with van der Waals surface area (Å²) < 4.78 is 7.56. The van der Waals surface area contributed by atoms with Gasteiger partial charge >= 0.3 is 0 Å². The van der Waals surface area contributed by atoms with Crippen molar-refractivity contribution >= 4 is 11.8 Å². The molecule has 0 saturated carbocycles. The van der Waals surface area contributed by atoms with Crippen molar-refractivity contribution in [3.05, 3.63) is 30.0 Å². The summed E-state index contributed by atoms with van der Waals surface area (Å²) in [5, 5.41) is 0. The Labute approximate surface area is 130 Å². The van der Waals surface area contributed by atoms with Crippen molar-refractivity contribution in [2.75, 3.05) is 30.9 Å². The molecule has 7 heteroatoms. The Hall–Kier alpha value is -2.15. The molecular weight excluding hydrogens is 280 g/mol. The monoisotopic (exact) mass is 302 g/mol. The van der Waals surface area contributed by atoms with Gasteiger partial charge in [0.2, 0.25) is 5.95 Å². The Kier molecular flexibility index (Phi) is 4.24. The number of aromatic nitrogens is 4. The second kappa shape index (κ2) is 6.31. The Bertz CT molecular complexity index is 635. The highest BCUT2D eigenvalue weighted by atomic mass is 16.5. The summed E-state index contributed by atoms with van der Waals surface area (Å²) in [6.07, 6.45) is 4.79. The van der Waals surface area contributed by atoms with Crippen molar-refractivity contribution in [3.63, 3.8) is 0 Å². The van der Waals surface area contributed by atoms with Gasteiger partial charge in [0.25, 0.3) is 0 Å².